The van der Waals surface area contributed by atoms with Crippen LogP contribution in [0.1, 0.15) is 25.5 Å². The molecule has 1 atom stereocenters. The molecule has 4 heteroatoms. The number of hydrogen-bond donors (Lipinski definition) is 1. The van der Waals surface area contributed by atoms with E-state index in [0.717, 1.165) is 35.1 Å². The van der Waals surface area contributed by atoms with Crippen molar-refractivity contribution in [2.24, 2.45) is 0 Å². The van der Waals surface area contributed by atoms with Gasteiger partial charge in [-0.3, -0.25) is 4.90 Å². The Balaban J connectivity index is 1.71. The van der Waals surface area contributed by atoms with Crippen molar-refractivity contribution in [1.82, 2.24) is 14.9 Å². The first-order valence-electron chi connectivity index (χ1n) is 7.34. The second kappa shape index (κ2) is 5.37. The number of fused-ring (bicyclic) bond motifs is 1. The molecule has 0 bridgehead atoms. The first kappa shape index (κ1) is 13.3. The molecule has 1 unspecified atom stereocenters. The second-order valence-corrected chi connectivity index (χ2v) is 5.77. The molecule has 3 rings (SSSR count). The molecule has 1 heterocycles. The van der Waals surface area contributed by atoms with Crippen LogP contribution in [0.5, 0.6) is 0 Å². The largest absolute Gasteiger partial charge is 0.367 e. The van der Waals surface area contributed by atoms with Crippen LogP contribution < -0.4 is 5.32 Å². The fourth-order valence-corrected chi connectivity index (χ4v) is 2.49. The number of likely N-dealkylation sites (N-methyl/N-ethyl adjacent to an activating group) is 1. The maximum Gasteiger partial charge on any atom is 0.148 e. The van der Waals surface area contributed by atoms with Gasteiger partial charge in [-0.2, -0.15) is 0 Å². The van der Waals surface area contributed by atoms with E-state index in [-0.39, 0.29) is 0 Å². The fraction of sp³-hybridized carbons (Fsp3) is 0.500. The SMILES string of the molecule is Cc1nc2ccccc2nc1NCC(C)N(C)C1CC1. The van der Waals surface area contributed by atoms with E-state index in [1.165, 1.54) is 12.8 Å². The minimum atomic E-state index is 0.509. The molecule has 0 spiro atoms. The standard InChI is InChI=1S/C16H22N4/c1-11(20(3)13-8-9-13)10-17-16-12(2)18-14-6-4-5-7-15(14)19-16/h4-7,11,13H,8-10H2,1-3H3,(H,17,19). The number of nitrogens with zero attached hydrogens (tertiary/aromatic N) is 3. The molecule has 1 aliphatic rings. The summed E-state index contributed by atoms with van der Waals surface area (Å²) in [7, 11) is 2.21. The summed E-state index contributed by atoms with van der Waals surface area (Å²) in [5.74, 6) is 0.903. The van der Waals surface area contributed by atoms with Crippen molar-refractivity contribution >= 4 is 16.9 Å². The Morgan fingerprint density at radius 2 is 1.90 bits per heavy atom. The van der Waals surface area contributed by atoms with Gasteiger partial charge in [0.25, 0.3) is 0 Å². The highest BCUT2D eigenvalue weighted by Crippen LogP contribution is 2.27. The fourth-order valence-electron chi connectivity index (χ4n) is 2.49. The van der Waals surface area contributed by atoms with Crippen molar-refractivity contribution in [3.05, 3.63) is 30.0 Å². The minimum absolute atomic E-state index is 0.509. The molecule has 1 N–H and O–H groups in total. The molecule has 0 radical (unpaired) electrons. The van der Waals surface area contributed by atoms with Gasteiger partial charge in [-0.25, -0.2) is 9.97 Å². The lowest BCUT2D eigenvalue weighted by atomic mass is 10.2. The van der Waals surface area contributed by atoms with Crippen LogP contribution in [0.25, 0.3) is 11.0 Å². The molecule has 0 saturated heterocycles. The maximum atomic E-state index is 4.67. The maximum absolute atomic E-state index is 4.67. The third-order valence-corrected chi connectivity index (χ3v) is 4.13. The van der Waals surface area contributed by atoms with Crippen LogP contribution in [0.2, 0.25) is 0 Å². The van der Waals surface area contributed by atoms with Gasteiger partial charge in [0.2, 0.25) is 0 Å². The van der Waals surface area contributed by atoms with E-state index in [9.17, 15) is 0 Å². The number of anilines is 1. The van der Waals surface area contributed by atoms with Gasteiger partial charge in [-0.05, 0) is 45.9 Å². The van der Waals surface area contributed by atoms with Gasteiger partial charge in [0.1, 0.15) is 5.82 Å². The van der Waals surface area contributed by atoms with E-state index in [0.29, 0.717) is 6.04 Å². The Bertz CT molecular complexity index is 606. The first-order chi connectivity index (χ1) is 9.65. The van der Waals surface area contributed by atoms with Crippen LogP contribution in [0, 0.1) is 6.92 Å². The van der Waals surface area contributed by atoms with Crippen LogP contribution in [-0.4, -0.2) is 40.5 Å². The molecule has 1 aromatic carbocycles. The Labute approximate surface area is 120 Å². The van der Waals surface area contributed by atoms with Crippen molar-refractivity contribution in [3.8, 4) is 0 Å². The van der Waals surface area contributed by atoms with E-state index in [1.54, 1.807) is 0 Å². The van der Waals surface area contributed by atoms with E-state index in [2.05, 4.69) is 34.2 Å². The lowest BCUT2D eigenvalue weighted by molar-refractivity contribution is 0.257. The Morgan fingerprint density at radius 3 is 2.55 bits per heavy atom. The quantitative estimate of drug-likeness (QED) is 0.907. The highest BCUT2D eigenvalue weighted by molar-refractivity contribution is 5.76. The predicted octanol–water partition coefficient (Wildman–Crippen LogP) is 2.83. The third-order valence-electron chi connectivity index (χ3n) is 4.13. The zero-order valence-electron chi connectivity index (χ0n) is 12.4. The summed E-state index contributed by atoms with van der Waals surface area (Å²) < 4.78 is 0. The smallest absolute Gasteiger partial charge is 0.148 e. The number of aromatic nitrogens is 2. The molecule has 1 aliphatic carbocycles. The number of para-hydroxylation sites is 2. The van der Waals surface area contributed by atoms with Crippen LogP contribution >= 0.6 is 0 Å². The second-order valence-electron chi connectivity index (χ2n) is 5.77. The number of benzene rings is 1. The van der Waals surface area contributed by atoms with Crippen LogP contribution in [-0.2, 0) is 0 Å². The zero-order chi connectivity index (χ0) is 14.1. The highest BCUT2D eigenvalue weighted by atomic mass is 15.2. The molecule has 1 aromatic heterocycles. The number of aryl methyl sites for hydroxylation is 1. The van der Waals surface area contributed by atoms with Crippen LogP contribution in [0.3, 0.4) is 0 Å². The molecule has 1 fully saturated rings. The Morgan fingerprint density at radius 1 is 1.25 bits per heavy atom. The van der Waals surface area contributed by atoms with Crippen molar-refractivity contribution in [1.29, 1.82) is 0 Å². The van der Waals surface area contributed by atoms with Crippen LogP contribution in [0.15, 0.2) is 24.3 Å². The average Bonchev–Trinajstić information content (AvgIpc) is 3.28. The van der Waals surface area contributed by atoms with Crippen molar-refractivity contribution in [2.45, 2.75) is 38.8 Å². The topological polar surface area (TPSA) is 41.1 Å². The minimum Gasteiger partial charge on any atom is -0.367 e. The lowest BCUT2D eigenvalue weighted by Gasteiger charge is -2.25. The van der Waals surface area contributed by atoms with Gasteiger partial charge in [-0.1, -0.05) is 12.1 Å². The van der Waals surface area contributed by atoms with Crippen molar-refractivity contribution in [2.75, 3.05) is 18.9 Å². The van der Waals surface area contributed by atoms with E-state index >= 15 is 0 Å². The molecular weight excluding hydrogens is 248 g/mol. The summed E-state index contributed by atoms with van der Waals surface area (Å²) in [6.45, 7) is 5.17. The van der Waals surface area contributed by atoms with E-state index in [1.807, 2.05) is 31.2 Å². The van der Waals surface area contributed by atoms with E-state index in [4.69, 9.17) is 0 Å². The normalized spacial score (nSPS) is 16.6. The van der Waals surface area contributed by atoms with Gasteiger partial charge in [0.05, 0.1) is 16.7 Å². The predicted molar refractivity (Wildman–Crippen MR) is 83.0 cm³/mol. The number of nitrogens with one attached hydrogen (secondary N) is 1. The van der Waals surface area contributed by atoms with Gasteiger partial charge in [-0.15, -0.1) is 0 Å². The molecular formula is C16H22N4. The van der Waals surface area contributed by atoms with Crippen molar-refractivity contribution in [3.63, 3.8) is 0 Å². The van der Waals surface area contributed by atoms with Gasteiger partial charge in [0, 0.05) is 18.6 Å². The summed E-state index contributed by atoms with van der Waals surface area (Å²) in [5.41, 5.74) is 2.87. The summed E-state index contributed by atoms with van der Waals surface area (Å²) in [6, 6.07) is 9.30. The van der Waals surface area contributed by atoms with E-state index < -0.39 is 0 Å². The monoisotopic (exact) mass is 270 g/mol. The summed E-state index contributed by atoms with van der Waals surface area (Å²) in [5, 5.41) is 3.45. The lowest BCUT2D eigenvalue weighted by Crippen LogP contribution is -2.36. The first-order valence-corrected chi connectivity index (χ1v) is 7.34. The third kappa shape index (κ3) is 2.75. The van der Waals surface area contributed by atoms with Gasteiger partial charge < -0.3 is 5.32 Å². The van der Waals surface area contributed by atoms with Gasteiger partial charge in [0.15, 0.2) is 0 Å². The zero-order valence-corrected chi connectivity index (χ0v) is 12.4. The molecule has 0 amide bonds. The molecule has 4 nitrogen and oxygen atoms in total. The summed E-state index contributed by atoms with van der Waals surface area (Å²) in [4.78, 5) is 11.7. The number of rotatable bonds is 5. The Kier molecular flexibility index (Phi) is 3.57. The molecule has 20 heavy (non-hydrogen) atoms. The van der Waals surface area contributed by atoms with Crippen molar-refractivity contribution < 1.29 is 0 Å². The average molecular weight is 270 g/mol. The molecule has 0 aliphatic heterocycles. The molecule has 2 aromatic rings. The number of hydrogen-bond acceptors (Lipinski definition) is 4. The molecule has 1 saturated carbocycles. The van der Waals surface area contributed by atoms with Gasteiger partial charge >= 0.3 is 0 Å². The summed E-state index contributed by atoms with van der Waals surface area (Å²) in [6.07, 6.45) is 2.69. The Hall–Kier alpha value is -1.68. The molecule has 106 valence electrons. The summed E-state index contributed by atoms with van der Waals surface area (Å²) >= 11 is 0. The highest BCUT2D eigenvalue weighted by Gasteiger charge is 2.28. The van der Waals surface area contributed by atoms with Crippen LogP contribution in [0.4, 0.5) is 5.82 Å².